The number of aryl methyl sites for hydroxylation is 2. The quantitative estimate of drug-likeness (QED) is 0.541. The van der Waals surface area contributed by atoms with Crippen molar-refractivity contribution in [2.24, 2.45) is 0 Å². The normalized spacial score (nSPS) is 18.7. The monoisotopic (exact) mass is 448 g/mol. The van der Waals surface area contributed by atoms with Crippen LogP contribution < -0.4 is 5.56 Å². The lowest BCUT2D eigenvalue weighted by Gasteiger charge is -2.35. The van der Waals surface area contributed by atoms with Gasteiger partial charge in [0.2, 0.25) is 0 Å². The highest BCUT2D eigenvalue weighted by molar-refractivity contribution is 5.82. The van der Waals surface area contributed by atoms with E-state index in [4.69, 9.17) is 0 Å². The number of benzene rings is 1. The number of hydrogen-bond acceptors (Lipinski definition) is 5. The third-order valence-electron chi connectivity index (χ3n) is 7.79. The van der Waals surface area contributed by atoms with Crippen molar-refractivity contribution in [3.63, 3.8) is 0 Å². The maximum Gasteiger partial charge on any atom is 0.252 e. The standard InChI is InChI=1S/C26H36N6O/c1-4-23(25-28-29-30-32(25)22-11-7-8-12-22)31(21-9-5-6-10-21)16-20-15-19-14-17(2)13-18(3)24(19)27-26(20)33/h13-15,21-23H,4-12,16H2,1-3H3,(H,27,33)/t23-/m0/s1. The van der Waals surface area contributed by atoms with Crippen molar-refractivity contribution in [3.05, 3.63) is 51.1 Å². The van der Waals surface area contributed by atoms with E-state index in [1.807, 2.05) is 0 Å². The van der Waals surface area contributed by atoms with Gasteiger partial charge < -0.3 is 4.98 Å². The highest BCUT2D eigenvalue weighted by Crippen LogP contribution is 2.36. The number of H-pyrrole nitrogens is 1. The van der Waals surface area contributed by atoms with Gasteiger partial charge in [0.05, 0.1) is 17.6 Å². The summed E-state index contributed by atoms with van der Waals surface area (Å²) in [6.45, 7) is 7.01. The Morgan fingerprint density at radius 1 is 1.09 bits per heavy atom. The van der Waals surface area contributed by atoms with Crippen LogP contribution in [0.2, 0.25) is 0 Å². The molecule has 1 aromatic carbocycles. The zero-order valence-electron chi connectivity index (χ0n) is 20.2. The molecule has 33 heavy (non-hydrogen) atoms. The lowest BCUT2D eigenvalue weighted by atomic mass is 10.0. The number of tetrazole rings is 1. The summed E-state index contributed by atoms with van der Waals surface area (Å²) in [6.07, 6.45) is 10.6. The number of hydrogen-bond donors (Lipinski definition) is 1. The molecule has 7 heteroatoms. The molecule has 1 atom stereocenters. The Morgan fingerprint density at radius 3 is 2.55 bits per heavy atom. The first kappa shape index (κ1) is 22.3. The lowest BCUT2D eigenvalue weighted by molar-refractivity contribution is 0.110. The second-order valence-electron chi connectivity index (χ2n) is 10.1. The molecule has 0 radical (unpaired) electrons. The van der Waals surface area contributed by atoms with E-state index in [9.17, 15) is 4.79 Å². The molecule has 2 heterocycles. The van der Waals surface area contributed by atoms with Crippen molar-refractivity contribution in [2.75, 3.05) is 0 Å². The second-order valence-corrected chi connectivity index (χ2v) is 10.1. The minimum atomic E-state index is 0.0164. The van der Waals surface area contributed by atoms with Gasteiger partial charge in [-0.15, -0.1) is 5.10 Å². The van der Waals surface area contributed by atoms with Gasteiger partial charge in [-0.25, -0.2) is 4.68 Å². The predicted molar refractivity (Wildman–Crippen MR) is 130 cm³/mol. The van der Waals surface area contributed by atoms with Crippen LogP contribution >= 0.6 is 0 Å². The Kier molecular flexibility index (Phi) is 6.32. The molecule has 7 nitrogen and oxygen atoms in total. The maximum absolute atomic E-state index is 13.2. The highest BCUT2D eigenvalue weighted by Gasteiger charge is 2.34. The van der Waals surface area contributed by atoms with Crippen molar-refractivity contribution >= 4 is 10.9 Å². The van der Waals surface area contributed by atoms with Gasteiger partial charge in [-0.1, -0.05) is 44.2 Å². The van der Waals surface area contributed by atoms with E-state index >= 15 is 0 Å². The number of nitrogens with zero attached hydrogens (tertiary/aromatic N) is 5. The SMILES string of the molecule is CC[C@@H](c1nnnn1C1CCCC1)N(Cc1cc2cc(C)cc(C)c2[nH]c1=O)C1CCCC1. The van der Waals surface area contributed by atoms with Crippen molar-refractivity contribution in [3.8, 4) is 0 Å². The molecule has 0 bridgehead atoms. The summed E-state index contributed by atoms with van der Waals surface area (Å²) in [7, 11) is 0. The van der Waals surface area contributed by atoms with E-state index in [2.05, 4.69) is 69.1 Å². The van der Waals surface area contributed by atoms with Crippen molar-refractivity contribution in [1.82, 2.24) is 30.1 Å². The van der Waals surface area contributed by atoms with Crippen molar-refractivity contribution < 1.29 is 0 Å². The van der Waals surface area contributed by atoms with Crippen LogP contribution in [0, 0.1) is 13.8 Å². The largest absolute Gasteiger partial charge is 0.321 e. The van der Waals surface area contributed by atoms with Gasteiger partial charge in [0.1, 0.15) is 0 Å². The molecule has 1 N–H and O–H groups in total. The van der Waals surface area contributed by atoms with Crippen LogP contribution in [0.5, 0.6) is 0 Å². The molecule has 2 aliphatic rings. The first-order valence-electron chi connectivity index (χ1n) is 12.7. The van der Waals surface area contributed by atoms with E-state index in [0.29, 0.717) is 18.6 Å². The molecular formula is C26H36N6O. The predicted octanol–water partition coefficient (Wildman–Crippen LogP) is 5.14. The summed E-state index contributed by atoms with van der Waals surface area (Å²) in [4.78, 5) is 18.9. The molecule has 5 rings (SSSR count). The number of aromatic amines is 1. The summed E-state index contributed by atoms with van der Waals surface area (Å²) < 4.78 is 2.10. The van der Waals surface area contributed by atoms with E-state index in [-0.39, 0.29) is 11.6 Å². The number of nitrogens with one attached hydrogen (secondary N) is 1. The highest BCUT2D eigenvalue weighted by atomic mass is 16.1. The molecule has 2 fully saturated rings. The molecule has 0 saturated heterocycles. The van der Waals surface area contributed by atoms with Gasteiger partial charge in [0.15, 0.2) is 5.82 Å². The average Bonchev–Trinajstić information content (AvgIpc) is 3.56. The number of pyridine rings is 1. The van der Waals surface area contributed by atoms with Crippen LogP contribution in [0.25, 0.3) is 10.9 Å². The Hall–Kier alpha value is -2.54. The fourth-order valence-corrected chi connectivity index (χ4v) is 6.17. The third-order valence-corrected chi connectivity index (χ3v) is 7.79. The molecule has 0 aliphatic heterocycles. The van der Waals surface area contributed by atoms with Gasteiger partial charge in [0, 0.05) is 18.2 Å². The Bertz CT molecular complexity index is 1170. The van der Waals surface area contributed by atoms with Crippen LogP contribution in [0.1, 0.15) is 99.3 Å². The van der Waals surface area contributed by atoms with Gasteiger partial charge in [-0.3, -0.25) is 9.69 Å². The lowest BCUT2D eigenvalue weighted by Crippen LogP contribution is -2.39. The fourth-order valence-electron chi connectivity index (χ4n) is 6.17. The Morgan fingerprint density at radius 2 is 1.82 bits per heavy atom. The molecule has 176 valence electrons. The molecular weight excluding hydrogens is 412 g/mol. The second kappa shape index (κ2) is 9.37. The van der Waals surface area contributed by atoms with Crippen molar-refractivity contribution in [2.45, 2.75) is 103 Å². The van der Waals surface area contributed by atoms with Gasteiger partial charge in [-0.05, 0) is 79.5 Å². The first-order valence-corrected chi connectivity index (χ1v) is 12.7. The van der Waals surface area contributed by atoms with Crippen LogP contribution in [0.4, 0.5) is 0 Å². The van der Waals surface area contributed by atoms with Crippen LogP contribution in [0.3, 0.4) is 0 Å². The minimum absolute atomic E-state index is 0.0164. The van der Waals surface area contributed by atoms with Crippen LogP contribution in [0.15, 0.2) is 23.0 Å². The summed E-state index contributed by atoms with van der Waals surface area (Å²) in [5.74, 6) is 0.972. The van der Waals surface area contributed by atoms with Gasteiger partial charge in [0.25, 0.3) is 5.56 Å². The zero-order valence-corrected chi connectivity index (χ0v) is 20.2. The van der Waals surface area contributed by atoms with Gasteiger partial charge >= 0.3 is 0 Å². The third kappa shape index (κ3) is 4.35. The molecule has 0 spiro atoms. The first-order chi connectivity index (χ1) is 16.0. The zero-order chi connectivity index (χ0) is 22.9. The topological polar surface area (TPSA) is 79.7 Å². The Labute approximate surface area is 195 Å². The summed E-state index contributed by atoms with van der Waals surface area (Å²) in [5, 5.41) is 14.2. The Balaban J connectivity index is 1.53. The molecule has 2 saturated carbocycles. The summed E-state index contributed by atoms with van der Waals surface area (Å²) >= 11 is 0. The van der Waals surface area contributed by atoms with E-state index in [1.54, 1.807) is 0 Å². The molecule has 0 amide bonds. The summed E-state index contributed by atoms with van der Waals surface area (Å²) in [5.41, 5.74) is 4.12. The van der Waals surface area contributed by atoms with Crippen LogP contribution in [-0.4, -0.2) is 36.1 Å². The minimum Gasteiger partial charge on any atom is -0.321 e. The number of fused-ring (bicyclic) bond motifs is 1. The smallest absolute Gasteiger partial charge is 0.252 e. The maximum atomic E-state index is 13.2. The van der Waals surface area contributed by atoms with Gasteiger partial charge in [-0.2, -0.15) is 0 Å². The van der Waals surface area contributed by atoms with Crippen molar-refractivity contribution in [1.29, 1.82) is 0 Å². The fraction of sp³-hybridized carbons (Fsp3) is 0.615. The number of aromatic nitrogens is 5. The van der Waals surface area contributed by atoms with E-state index < -0.39 is 0 Å². The number of rotatable bonds is 7. The molecule has 2 aromatic heterocycles. The van der Waals surface area contributed by atoms with E-state index in [0.717, 1.165) is 47.1 Å². The summed E-state index contributed by atoms with van der Waals surface area (Å²) in [6, 6.07) is 7.36. The molecule has 0 unspecified atom stereocenters. The van der Waals surface area contributed by atoms with E-state index in [1.165, 1.54) is 44.1 Å². The average molecular weight is 449 g/mol. The van der Waals surface area contributed by atoms with Crippen LogP contribution in [-0.2, 0) is 6.54 Å². The molecule has 2 aliphatic carbocycles. The molecule has 3 aromatic rings.